The molecule has 0 aliphatic rings. The van der Waals surface area contributed by atoms with Gasteiger partial charge in [-0.15, -0.1) is 0 Å². The molecular weight excluding hydrogens is 192 g/mol. The molecule has 0 aromatic rings. The molecule has 0 bridgehead atoms. The van der Waals surface area contributed by atoms with Crippen LogP contribution in [0.5, 0.6) is 0 Å². The first-order chi connectivity index (χ1) is 6.25. The average Bonchev–Trinajstić information content (AvgIpc) is 2.13. The van der Waals surface area contributed by atoms with Crippen molar-refractivity contribution in [1.82, 2.24) is 0 Å². The van der Waals surface area contributed by atoms with Crippen molar-refractivity contribution in [3.05, 3.63) is 0 Å². The lowest BCUT2D eigenvalue weighted by Gasteiger charge is -2.36. The van der Waals surface area contributed by atoms with Crippen LogP contribution in [-0.2, 0) is 0 Å². The summed E-state index contributed by atoms with van der Waals surface area (Å²) in [6.45, 7) is 1.55. The lowest BCUT2D eigenvalue weighted by Crippen LogP contribution is -2.58. The first-order valence-corrected chi connectivity index (χ1v) is 4.30. The van der Waals surface area contributed by atoms with Crippen molar-refractivity contribution in [3.8, 4) is 0 Å². The van der Waals surface area contributed by atoms with Crippen molar-refractivity contribution in [2.24, 2.45) is 0 Å². The van der Waals surface area contributed by atoms with E-state index in [1.54, 1.807) is 0 Å². The zero-order valence-electron chi connectivity index (χ0n) is 8.20. The third-order valence-corrected chi connectivity index (χ3v) is 2.21. The highest BCUT2D eigenvalue weighted by Gasteiger charge is 2.43. The highest BCUT2D eigenvalue weighted by Crippen LogP contribution is 2.20. The van der Waals surface area contributed by atoms with Crippen LogP contribution in [0.1, 0.15) is 13.8 Å². The Kier molecular flexibility index (Phi) is 4.93. The minimum atomic E-state index is -2.09. The summed E-state index contributed by atoms with van der Waals surface area (Å²) < 4.78 is 0. The number of hydrogen-bond donors (Lipinski definition) is 6. The van der Waals surface area contributed by atoms with E-state index in [4.69, 9.17) is 15.3 Å². The molecule has 0 saturated heterocycles. The molecule has 5 atom stereocenters. The third kappa shape index (κ3) is 2.88. The van der Waals surface area contributed by atoms with Gasteiger partial charge in [0.1, 0.15) is 23.9 Å². The van der Waals surface area contributed by atoms with Crippen LogP contribution < -0.4 is 0 Å². The second-order valence-electron chi connectivity index (χ2n) is 3.61. The highest BCUT2D eigenvalue weighted by atomic mass is 16.4. The van der Waals surface area contributed by atoms with E-state index in [0.717, 1.165) is 6.92 Å². The van der Waals surface area contributed by atoms with Crippen LogP contribution in [0.3, 0.4) is 0 Å². The zero-order valence-corrected chi connectivity index (χ0v) is 8.20. The summed E-state index contributed by atoms with van der Waals surface area (Å²) in [5.41, 5.74) is -2.09. The van der Waals surface area contributed by atoms with E-state index in [1.165, 1.54) is 6.92 Å². The van der Waals surface area contributed by atoms with Crippen molar-refractivity contribution in [3.63, 3.8) is 0 Å². The fourth-order valence-electron chi connectivity index (χ4n) is 1.15. The lowest BCUT2D eigenvalue weighted by atomic mass is 9.87. The van der Waals surface area contributed by atoms with Crippen LogP contribution in [0, 0.1) is 0 Å². The van der Waals surface area contributed by atoms with Crippen LogP contribution >= 0.6 is 0 Å². The standard InChI is InChI=1S/C8H18O6/c1-4(10)6(12)8(2,14)7(13)5(11)3-9/h4-7,9-14H,3H2,1-2H3. The van der Waals surface area contributed by atoms with Crippen molar-refractivity contribution in [2.45, 2.75) is 43.9 Å². The second kappa shape index (κ2) is 5.01. The Hall–Kier alpha value is -0.240. The molecule has 5 unspecified atom stereocenters. The zero-order chi connectivity index (χ0) is 11.5. The minimum Gasteiger partial charge on any atom is -0.394 e. The van der Waals surface area contributed by atoms with Gasteiger partial charge in [0.25, 0.3) is 0 Å². The summed E-state index contributed by atoms with van der Waals surface area (Å²) in [7, 11) is 0. The van der Waals surface area contributed by atoms with Gasteiger partial charge in [-0.25, -0.2) is 0 Å². The van der Waals surface area contributed by atoms with Crippen molar-refractivity contribution < 1.29 is 30.6 Å². The third-order valence-electron chi connectivity index (χ3n) is 2.21. The van der Waals surface area contributed by atoms with Gasteiger partial charge in [-0.1, -0.05) is 0 Å². The van der Waals surface area contributed by atoms with Crippen LogP contribution in [0.2, 0.25) is 0 Å². The largest absolute Gasteiger partial charge is 0.394 e. The first kappa shape index (κ1) is 13.8. The smallest absolute Gasteiger partial charge is 0.119 e. The summed E-state index contributed by atoms with van der Waals surface area (Å²) in [6.07, 6.45) is -6.18. The van der Waals surface area contributed by atoms with E-state index in [-0.39, 0.29) is 0 Å². The van der Waals surface area contributed by atoms with E-state index < -0.39 is 36.6 Å². The molecule has 0 aliphatic carbocycles. The van der Waals surface area contributed by atoms with Crippen LogP contribution in [0.15, 0.2) is 0 Å². The van der Waals surface area contributed by atoms with Gasteiger partial charge in [0, 0.05) is 0 Å². The fourth-order valence-corrected chi connectivity index (χ4v) is 1.15. The number of hydrogen-bond acceptors (Lipinski definition) is 6. The molecule has 0 saturated carbocycles. The number of rotatable bonds is 5. The Bertz CT molecular complexity index is 169. The van der Waals surface area contributed by atoms with Crippen LogP contribution in [0.4, 0.5) is 0 Å². The van der Waals surface area contributed by atoms with E-state index in [2.05, 4.69) is 0 Å². The van der Waals surface area contributed by atoms with Gasteiger partial charge in [0.05, 0.1) is 12.7 Å². The SMILES string of the molecule is CC(O)C(O)C(C)(O)C(O)C(O)CO. The predicted molar refractivity (Wildman–Crippen MR) is 47.4 cm³/mol. The van der Waals surface area contributed by atoms with Crippen molar-refractivity contribution in [1.29, 1.82) is 0 Å². The molecule has 6 heteroatoms. The molecule has 0 amide bonds. The Labute approximate surface area is 82.1 Å². The summed E-state index contributed by atoms with van der Waals surface area (Å²) in [5, 5.41) is 54.8. The normalized spacial score (nSPS) is 24.9. The summed E-state index contributed by atoms with van der Waals surface area (Å²) in [4.78, 5) is 0. The molecule has 0 fully saturated rings. The van der Waals surface area contributed by atoms with E-state index in [0.29, 0.717) is 0 Å². The quantitative estimate of drug-likeness (QED) is 0.291. The summed E-state index contributed by atoms with van der Waals surface area (Å²) >= 11 is 0. The van der Waals surface area contributed by atoms with Gasteiger partial charge in [-0.05, 0) is 13.8 Å². The highest BCUT2D eigenvalue weighted by molar-refractivity contribution is 4.94. The Morgan fingerprint density at radius 1 is 1.07 bits per heavy atom. The molecule has 0 radical (unpaired) electrons. The maximum atomic E-state index is 9.59. The molecule has 0 spiro atoms. The minimum absolute atomic E-state index is 0.746. The Morgan fingerprint density at radius 3 is 1.79 bits per heavy atom. The van der Waals surface area contributed by atoms with Gasteiger partial charge in [0.15, 0.2) is 0 Å². The van der Waals surface area contributed by atoms with Crippen LogP contribution in [-0.4, -0.2) is 67.3 Å². The topological polar surface area (TPSA) is 121 Å². The van der Waals surface area contributed by atoms with E-state index in [9.17, 15) is 15.3 Å². The average molecular weight is 210 g/mol. The van der Waals surface area contributed by atoms with E-state index in [1.807, 2.05) is 0 Å². The van der Waals surface area contributed by atoms with Crippen molar-refractivity contribution >= 4 is 0 Å². The summed E-state index contributed by atoms with van der Waals surface area (Å²) in [6, 6.07) is 0. The number of aliphatic hydroxyl groups excluding tert-OH is 5. The Morgan fingerprint density at radius 2 is 1.50 bits per heavy atom. The molecule has 6 N–H and O–H groups in total. The molecule has 0 heterocycles. The van der Waals surface area contributed by atoms with Gasteiger partial charge in [-0.2, -0.15) is 0 Å². The monoisotopic (exact) mass is 210 g/mol. The van der Waals surface area contributed by atoms with Gasteiger partial charge >= 0.3 is 0 Å². The second-order valence-corrected chi connectivity index (χ2v) is 3.61. The molecular formula is C8H18O6. The Balaban J connectivity index is 4.59. The van der Waals surface area contributed by atoms with Gasteiger partial charge < -0.3 is 30.6 Å². The lowest BCUT2D eigenvalue weighted by molar-refractivity contribution is -0.192. The molecule has 0 aliphatic heterocycles. The maximum Gasteiger partial charge on any atom is 0.119 e. The predicted octanol–water partition coefficient (Wildman–Crippen LogP) is -2.81. The van der Waals surface area contributed by atoms with Gasteiger partial charge in [-0.3, -0.25) is 0 Å². The van der Waals surface area contributed by atoms with E-state index >= 15 is 0 Å². The van der Waals surface area contributed by atoms with Gasteiger partial charge in [0.2, 0.25) is 0 Å². The fraction of sp³-hybridized carbons (Fsp3) is 1.00. The number of aliphatic hydroxyl groups is 6. The van der Waals surface area contributed by atoms with Crippen LogP contribution in [0.25, 0.3) is 0 Å². The molecule has 0 aromatic heterocycles. The molecule has 86 valence electrons. The molecule has 0 aromatic carbocycles. The molecule has 14 heavy (non-hydrogen) atoms. The van der Waals surface area contributed by atoms with Crippen molar-refractivity contribution in [2.75, 3.05) is 6.61 Å². The first-order valence-electron chi connectivity index (χ1n) is 4.30. The molecule has 0 rings (SSSR count). The summed E-state index contributed by atoms with van der Waals surface area (Å²) in [5.74, 6) is 0. The molecule has 6 nitrogen and oxygen atoms in total. The maximum absolute atomic E-state index is 9.59.